The molecule has 9 nitrogen and oxygen atoms in total. The van der Waals surface area contributed by atoms with Gasteiger partial charge < -0.3 is 19.9 Å². The number of aromatic nitrogens is 3. The number of carboxylic acid groups (broad SMARTS) is 1. The SMILES string of the molecule is Cn1cc2c(C(=O)N[C@]3(c4ccc(OC(F)(F)F)cc4)CCOc4cccnc43)cccc2n1.O=CO. The van der Waals surface area contributed by atoms with Crippen LogP contribution in [-0.4, -0.2) is 45.2 Å². The van der Waals surface area contributed by atoms with Gasteiger partial charge in [-0.2, -0.15) is 5.10 Å². The molecule has 0 saturated heterocycles. The Morgan fingerprint density at radius 2 is 1.92 bits per heavy atom. The zero-order chi connectivity index (χ0) is 26.6. The van der Waals surface area contributed by atoms with Crippen molar-refractivity contribution in [2.45, 2.75) is 18.3 Å². The lowest BCUT2D eigenvalue weighted by Gasteiger charge is -2.39. The van der Waals surface area contributed by atoms with Crippen LogP contribution in [0.15, 0.2) is 67.0 Å². The second-order valence-corrected chi connectivity index (χ2v) is 8.03. The number of carbonyl (C=O) groups excluding carboxylic acids is 1. The molecule has 1 aliphatic rings. The van der Waals surface area contributed by atoms with Gasteiger partial charge in [0.05, 0.1) is 17.7 Å². The van der Waals surface area contributed by atoms with Gasteiger partial charge in [0.2, 0.25) is 0 Å². The quantitative estimate of drug-likeness (QED) is 0.395. The highest BCUT2D eigenvalue weighted by Gasteiger charge is 2.43. The molecule has 0 unspecified atom stereocenters. The number of hydrogen-bond acceptors (Lipinski definition) is 6. The lowest BCUT2D eigenvalue weighted by atomic mass is 9.81. The fourth-order valence-corrected chi connectivity index (χ4v) is 4.30. The molecule has 0 bridgehead atoms. The summed E-state index contributed by atoms with van der Waals surface area (Å²) in [6.45, 7) is 0.0247. The van der Waals surface area contributed by atoms with Crippen LogP contribution in [0.25, 0.3) is 10.9 Å². The van der Waals surface area contributed by atoms with Crippen molar-refractivity contribution in [2.75, 3.05) is 6.61 Å². The van der Waals surface area contributed by atoms with Crippen molar-refractivity contribution in [3.8, 4) is 11.5 Å². The largest absolute Gasteiger partial charge is 0.573 e. The highest BCUT2D eigenvalue weighted by molar-refractivity contribution is 6.06. The molecule has 1 atom stereocenters. The van der Waals surface area contributed by atoms with Crippen molar-refractivity contribution in [3.05, 3.63) is 83.8 Å². The molecule has 37 heavy (non-hydrogen) atoms. The molecule has 0 fully saturated rings. The van der Waals surface area contributed by atoms with Gasteiger partial charge in [-0.25, -0.2) is 0 Å². The van der Waals surface area contributed by atoms with Gasteiger partial charge in [-0.3, -0.25) is 19.3 Å². The first kappa shape index (κ1) is 25.5. The van der Waals surface area contributed by atoms with Gasteiger partial charge >= 0.3 is 6.36 Å². The average Bonchev–Trinajstić information content (AvgIpc) is 3.24. The first-order valence-electron chi connectivity index (χ1n) is 10.9. The second-order valence-electron chi connectivity index (χ2n) is 8.03. The van der Waals surface area contributed by atoms with Gasteiger partial charge in [-0.15, -0.1) is 13.2 Å². The van der Waals surface area contributed by atoms with E-state index < -0.39 is 11.9 Å². The number of amides is 1. The number of ether oxygens (including phenoxy) is 2. The lowest BCUT2D eigenvalue weighted by molar-refractivity contribution is -0.274. The van der Waals surface area contributed by atoms with E-state index in [1.54, 1.807) is 48.4 Å². The topological polar surface area (TPSA) is 116 Å². The molecule has 2 aromatic carbocycles. The number of aryl methyl sites for hydroxylation is 1. The Balaban J connectivity index is 0.00000102. The summed E-state index contributed by atoms with van der Waals surface area (Å²) in [6.07, 6.45) is -1.14. The molecule has 1 aliphatic heterocycles. The van der Waals surface area contributed by atoms with E-state index >= 15 is 0 Å². The first-order chi connectivity index (χ1) is 17.7. The minimum absolute atomic E-state index is 0.250. The Labute approximate surface area is 208 Å². The third-order valence-electron chi connectivity index (χ3n) is 5.73. The van der Waals surface area contributed by atoms with Crippen LogP contribution in [0.3, 0.4) is 0 Å². The normalized spacial score (nSPS) is 16.5. The van der Waals surface area contributed by atoms with Gasteiger partial charge in [0.15, 0.2) is 0 Å². The smallest absolute Gasteiger partial charge is 0.491 e. The lowest BCUT2D eigenvalue weighted by Crippen LogP contribution is -2.50. The Kier molecular flexibility index (Phi) is 7.00. The van der Waals surface area contributed by atoms with Gasteiger partial charge in [0.25, 0.3) is 12.4 Å². The molecular weight excluding hydrogens is 493 g/mol. The molecule has 1 amide bonds. The van der Waals surface area contributed by atoms with Crippen molar-refractivity contribution >= 4 is 23.3 Å². The summed E-state index contributed by atoms with van der Waals surface area (Å²) in [5, 5.41) is 15.0. The van der Waals surface area contributed by atoms with Crippen LogP contribution in [0, 0.1) is 0 Å². The number of fused-ring (bicyclic) bond motifs is 2. The van der Waals surface area contributed by atoms with E-state index in [4.69, 9.17) is 14.6 Å². The molecule has 3 heterocycles. The number of hydrogen-bond donors (Lipinski definition) is 2. The molecule has 0 aliphatic carbocycles. The molecule has 192 valence electrons. The van der Waals surface area contributed by atoms with Crippen LogP contribution in [0.4, 0.5) is 13.2 Å². The zero-order valence-electron chi connectivity index (χ0n) is 19.4. The minimum atomic E-state index is -4.80. The highest BCUT2D eigenvalue weighted by Crippen LogP contribution is 2.41. The van der Waals surface area contributed by atoms with Crippen LogP contribution >= 0.6 is 0 Å². The number of nitrogens with one attached hydrogen (secondary N) is 1. The van der Waals surface area contributed by atoms with Gasteiger partial charge in [0.1, 0.15) is 22.7 Å². The average molecular weight is 514 g/mol. The molecule has 0 saturated carbocycles. The third-order valence-corrected chi connectivity index (χ3v) is 5.73. The summed E-state index contributed by atoms with van der Waals surface area (Å²) < 4.78 is 49.3. The van der Waals surface area contributed by atoms with Gasteiger partial charge in [-0.05, 0) is 42.0 Å². The van der Waals surface area contributed by atoms with Crippen LogP contribution in [0.1, 0.15) is 28.0 Å². The molecule has 2 N–H and O–H groups in total. The van der Waals surface area contributed by atoms with E-state index in [1.807, 2.05) is 6.07 Å². The predicted octanol–water partition coefficient (Wildman–Crippen LogP) is 4.02. The van der Waals surface area contributed by atoms with Crippen molar-refractivity contribution in [2.24, 2.45) is 7.05 Å². The highest BCUT2D eigenvalue weighted by atomic mass is 19.4. The summed E-state index contributed by atoms with van der Waals surface area (Å²) in [5.74, 6) is -0.233. The predicted molar refractivity (Wildman–Crippen MR) is 125 cm³/mol. The maximum atomic E-state index is 13.6. The zero-order valence-corrected chi connectivity index (χ0v) is 19.4. The van der Waals surface area contributed by atoms with Crippen LogP contribution in [-0.2, 0) is 17.4 Å². The number of alkyl halides is 3. The fraction of sp³-hybridized carbons (Fsp3) is 0.200. The van der Waals surface area contributed by atoms with E-state index in [-0.39, 0.29) is 24.7 Å². The third kappa shape index (κ3) is 5.32. The summed E-state index contributed by atoms with van der Waals surface area (Å²) in [4.78, 5) is 26.4. The monoisotopic (exact) mass is 514 g/mol. The number of rotatable bonds is 4. The summed E-state index contributed by atoms with van der Waals surface area (Å²) in [7, 11) is 1.77. The number of pyridine rings is 1. The summed E-state index contributed by atoms with van der Waals surface area (Å²) in [6, 6.07) is 14.1. The van der Waals surface area contributed by atoms with Crippen LogP contribution < -0.4 is 14.8 Å². The van der Waals surface area contributed by atoms with E-state index in [0.29, 0.717) is 39.9 Å². The van der Waals surface area contributed by atoms with Crippen molar-refractivity contribution < 1.29 is 37.3 Å². The molecule has 12 heteroatoms. The van der Waals surface area contributed by atoms with Crippen molar-refractivity contribution in [3.63, 3.8) is 0 Å². The molecule has 5 rings (SSSR count). The maximum Gasteiger partial charge on any atom is 0.573 e. The summed E-state index contributed by atoms with van der Waals surface area (Å²) in [5.41, 5.74) is 0.983. The van der Waals surface area contributed by atoms with Crippen molar-refractivity contribution in [1.82, 2.24) is 20.1 Å². The number of benzene rings is 2. The van der Waals surface area contributed by atoms with E-state index in [0.717, 1.165) is 0 Å². The Morgan fingerprint density at radius 1 is 1.19 bits per heavy atom. The maximum absolute atomic E-state index is 13.6. The Bertz CT molecular complexity index is 1420. The van der Waals surface area contributed by atoms with E-state index in [1.165, 1.54) is 24.3 Å². The fourth-order valence-electron chi connectivity index (χ4n) is 4.30. The number of halogens is 3. The second kappa shape index (κ2) is 10.2. The Morgan fingerprint density at radius 3 is 2.62 bits per heavy atom. The van der Waals surface area contributed by atoms with Crippen LogP contribution in [0.2, 0.25) is 0 Å². The first-order valence-corrected chi connectivity index (χ1v) is 10.9. The molecule has 0 radical (unpaired) electrons. The number of nitrogens with zero attached hydrogens (tertiary/aromatic N) is 3. The molecule has 0 spiro atoms. The summed E-state index contributed by atoms with van der Waals surface area (Å²) >= 11 is 0. The number of carbonyl (C=O) groups is 2. The van der Waals surface area contributed by atoms with Crippen LogP contribution in [0.5, 0.6) is 11.5 Å². The van der Waals surface area contributed by atoms with Crippen molar-refractivity contribution in [1.29, 1.82) is 0 Å². The minimum Gasteiger partial charge on any atom is -0.491 e. The van der Waals surface area contributed by atoms with Gasteiger partial charge in [0, 0.05) is 31.2 Å². The van der Waals surface area contributed by atoms with E-state index in [2.05, 4.69) is 20.1 Å². The Hall–Kier alpha value is -4.61. The molecule has 4 aromatic rings. The standard InChI is InChI=1S/C24H19F3N4O3.CH2O2/c1-31-14-18-17(4-2-5-19(18)30-31)22(32)29-23(11-13-33-20-6-3-12-28-21(20)23)15-7-9-16(10-8-15)34-24(25,26)27;2-1-3/h2-10,12,14H,11,13H2,1H3,(H,29,32);1H,(H,2,3)/t23-;/m0./s1. The van der Waals surface area contributed by atoms with E-state index in [9.17, 15) is 18.0 Å². The molecule has 2 aromatic heterocycles. The molecular formula is C25H21F3N4O5. The van der Waals surface area contributed by atoms with Gasteiger partial charge in [-0.1, -0.05) is 18.2 Å².